The minimum Gasteiger partial charge on any atom is -0.350 e. The summed E-state index contributed by atoms with van der Waals surface area (Å²) in [5.74, 6) is 5.76. The van der Waals surface area contributed by atoms with E-state index in [1.54, 1.807) is 0 Å². The molecule has 114 valence electrons. The second-order valence-corrected chi connectivity index (χ2v) is 5.41. The highest BCUT2D eigenvalue weighted by atomic mass is 16.1. The first-order valence-electron chi connectivity index (χ1n) is 7.69. The molecule has 3 N–H and O–H groups in total. The van der Waals surface area contributed by atoms with Crippen LogP contribution < -0.4 is 11.1 Å². The lowest BCUT2D eigenvalue weighted by Crippen LogP contribution is -2.33. The van der Waals surface area contributed by atoms with E-state index in [0.29, 0.717) is 12.1 Å². The predicted octanol–water partition coefficient (Wildman–Crippen LogP) is 3.00. The summed E-state index contributed by atoms with van der Waals surface area (Å²) in [6.07, 6.45) is 4.58. The van der Waals surface area contributed by atoms with Gasteiger partial charge in [0.1, 0.15) is 0 Å². The van der Waals surface area contributed by atoms with Crippen molar-refractivity contribution >= 4 is 5.91 Å². The van der Waals surface area contributed by atoms with Gasteiger partial charge in [0.25, 0.3) is 5.91 Å². The summed E-state index contributed by atoms with van der Waals surface area (Å²) in [4.78, 5) is 12.4. The van der Waals surface area contributed by atoms with Crippen LogP contribution in [0.25, 0.3) is 0 Å². The van der Waals surface area contributed by atoms with E-state index in [4.69, 9.17) is 5.73 Å². The molecule has 3 nitrogen and oxygen atoms in total. The average molecular weight is 286 g/mol. The van der Waals surface area contributed by atoms with Gasteiger partial charge in [-0.05, 0) is 38.0 Å². The highest BCUT2D eigenvalue weighted by Gasteiger charge is 2.12. The molecule has 1 amide bonds. The van der Waals surface area contributed by atoms with Gasteiger partial charge in [0.15, 0.2) is 0 Å². The largest absolute Gasteiger partial charge is 0.350 e. The number of carbonyl (C=O) groups is 1. The molecule has 21 heavy (non-hydrogen) atoms. The molecule has 0 radical (unpaired) electrons. The number of hydrogen-bond donors (Lipinski definition) is 2. The van der Waals surface area contributed by atoms with Crippen molar-refractivity contribution in [3.8, 4) is 11.8 Å². The molecular formula is C18H26N2O. The average Bonchev–Trinajstić information content (AvgIpc) is 2.46. The maximum Gasteiger partial charge on any atom is 0.251 e. The standard InChI is InChI=1S/C18H26N2O/c1-4-5-6-8-15(3)20-18(21)17-13-16(9-7-12-19)11-10-14(17)2/h10-11,13,15H,4-6,8,12,19H2,1-3H3,(H,20,21). The lowest BCUT2D eigenvalue weighted by Gasteiger charge is -2.15. The Kier molecular flexibility index (Phi) is 7.56. The van der Waals surface area contributed by atoms with Crippen LogP contribution in [0.4, 0.5) is 0 Å². The van der Waals surface area contributed by atoms with Crippen LogP contribution in [0.1, 0.15) is 61.0 Å². The second-order valence-electron chi connectivity index (χ2n) is 5.41. The van der Waals surface area contributed by atoms with E-state index >= 15 is 0 Å². The fourth-order valence-electron chi connectivity index (χ4n) is 2.17. The Morgan fingerprint density at radius 3 is 2.81 bits per heavy atom. The number of unbranched alkanes of at least 4 members (excludes halogenated alkanes) is 2. The zero-order chi connectivity index (χ0) is 15.7. The Morgan fingerprint density at radius 1 is 1.38 bits per heavy atom. The molecule has 0 bridgehead atoms. The molecule has 1 atom stereocenters. The van der Waals surface area contributed by atoms with E-state index in [1.165, 1.54) is 12.8 Å². The zero-order valence-corrected chi connectivity index (χ0v) is 13.3. The van der Waals surface area contributed by atoms with Crippen LogP contribution in [0.3, 0.4) is 0 Å². The molecular weight excluding hydrogens is 260 g/mol. The Morgan fingerprint density at radius 2 is 2.14 bits per heavy atom. The maximum atomic E-state index is 12.4. The molecule has 0 spiro atoms. The first kappa shape index (κ1) is 17.3. The molecule has 0 saturated heterocycles. The van der Waals surface area contributed by atoms with Crippen molar-refractivity contribution in [3.63, 3.8) is 0 Å². The van der Waals surface area contributed by atoms with Crippen LogP contribution in [0, 0.1) is 18.8 Å². The van der Waals surface area contributed by atoms with Gasteiger partial charge < -0.3 is 11.1 Å². The third kappa shape index (κ3) is 6.01. The third-order valence-corrected chi connectivity index (χ3v) is 3.44. The minimum atomic E-state index is -0.0205. The van der Waals surface area contributed by atoms with Crippen LogP contribution >= 0.6 is 0 Å². The number of benzene rings is 1. The molecule has 0 fully saturated rings. The Hall–Kier alpha value is -1.79. The number of aryl methyl sites for hydroxylation is 1. The minimum absolute atomic E-state index is 0.0205. The number of nitrogens with two attached hydrogens (primary N) is 1. The molecule has 0 heterocycles. The smallest absolute Gasteiger partial charge is 0.251 e. The van der Waals surface area contributed by atoms with Gasteiger partial charge in [0, 0.05) is 17.2 Å². The molecule has 1 rings (SSSR count). The SMILES string of the molecule is CCCCCC(C)NC(=O)c1cc(C#CCN)ccc1C. The van der Waals surface area contributed by atoms with Gasteiger partial charge >= 0.3 is 0 Å². The Bertz CT molecular complexity index is 526. The van der Waals surface area contributed by atoms with Gasteiger partial charge in [-0.3, -0.25) is 4.79 Å². The van der Waals surface area contributed by atoms with Gasteiger partial charge in [-0.25, -0.2) is 0 Å². The molecule has 0 saturated carbocycles. The van der Waals surface area contributed by atoms with Crippen LogP contribution in [0.2, 0.25) is 0 Å². The molecule has 0 aliphatic heterocycles. The van der Waals surface area contributed by atoms with Gasteiger partial charge in [-0.1, -0.05) is 44.1 Å². The van der Waals surface area contributed by atoms with Crippen molar-refractivity contribution in [2.75, 3.05) is 6.54 Å². The topological polar surface area (TPSA) is 55.1 Å². The van der Waals surface area contributed by atoms with Crippen molar-refractivity contribution in [1.29, 1.82) is 0 Å². The lowest BCUT2D eigenvalue weighted by molar-refractivity contribution is 0.0937. The number of rotatable bonds is 6. The molecule has 3 heteroatoms. The summed E-state index contributed by atoms with van der Waals surface area (Å²) in [6, 6.07) is 5.88. The number of nitrogens with one attached hydrogen (secondary N) is 1. The van der Waals surface area contributed by atoms with E-state index in [2.05, 4.69) is 31.0 Å². The summed E-state index contributed by atoms with van der Waals surface area (Å²) in [5.41, 5.74) is 7.86. The molecule has 0 aliphatic carbocycles. The van der Waals surface area contributed by atoms with Crippen LogP contribution in [0.15, 0.2) is 18.2 Å². The van der Waals surface area contributed by atoms with Crippen molar-refractivity contribution in [2.45, 2.75) is 52.5 Å². The highest BCUT2D eigenvalue weighted by Crippen LogP contribution is 2.12. The molecule has 1 unspecified atom stereocenters. The highest BCUT2D eigenvalue weighted by molar-refractivity contribution is 5.96. The fourth-order valence-corrected chi connectivity index (χ4v) is 2.17. The quantitative estimate of drug-likeness (QED) is 0.624. The van der Waals surface area contributed by atoms with E-state index in [0.717, 1.165) is 24.0 Å². The summed E-state index contributed by atoms with van der Waals surface area (Å²) in [6.45, 7) is 6.50. The van der Waals surface area contributed by atoms with Gasteiger partial charge in [0.05, 0.1) is 6.54 Å². The van der Waals surface area contributed by atoms with Gasteiger partial charge in [-0.2, -0.15) is 0 Å². The van der Waals surface area contributed by atoms with E-state index in [-0.39, 0.29) is 11.9 Å². The normalized spacial score (nSPS) is 11.4. The third-order valence-electron chi connectivity index (χ3n) is 3.44. The zero-order valence-electron chi connectivity index (χ0n) is 13.3. The van der Waals surface area contributed by atoms with Crippen molar-refractivity contribution < 1.29 is 4.79 Å². The van der Waals surface area contributed by atoms with Gasteiger partial charge in [-0.15, -0.1) is 0 Å². The second kappa shape index (κ2) is 9.20. The van der Waals surface area contributed by atoms with Crippen LogP contribution in [-0.4, -0.2) is 18.5 Å². The van der Waals surface area contributed by atoms with Crippen LogP contribution in [-0.2, 0) is 0 Å². The molecule has 1 aromatic carbocycles. The summed E-state index contributed by atoms with van der Waals surface area (Å²) in [5, 5.41) is 3.07. The maximum absolute atomic E-state index is 12.4. The first-order valence-corrected chi connectivity index (χ1v) is 7.69. The van der Waals surface area contributed by atoms with Crippen molar-refractivity contribution in [3.05, 3.63) is 34.9 Å². The van der Waals surface area contributed by atoms with E-state index in [9.17, 15) is 4.79 Å². The lowest BCUT2D eigenvalue weighted by atomic mass is 10.0. The Balaban J connectivity index is 2.72. The summed E-state index contributed by atoms with van der Waals surface area (Å²) < 4.78 is 0. The van der Waals surface area contributed by atoms with Crippen molar-refractivity contribution in [2.24, 2.45) is 5.73 Å². The predicted molar refractivity (Wildman–Crippen MR) is 88.2 cm³/mol. The fraction of sp³-hybridized carbons (Fsp3) is 0.500. The van der Waals surface area contributed by atoms with E-state index in [1.807, 2.05) is 25.1 Å². The molecule has 0 aliphatic rings. The Labute approximate surface area is 128 Å². The first-order chi connectivity index (χ1) is 10.1. The summed E-state index contributed by atoms with van der Waals surface area (Å²) in [7, 11) is 0. The number of amides is 1. The van der Waals surface area contributed by atoms with E-state index < -0.39 is 0 Å². The number of hydrogen-bond acceptors (Lipinski definition) is 2. The van der Waals surface area contributed by atoms with Crippen LogP contribution in [0.5, 0.6) is 0 Å². The van der Waals surface area contributed by atoms with Crippen molar-refractivity contribution in [1.82, 2.24) is 5.32 Å². The molecule has 0 aromatic heterocycles. The molecule has 1 aromatic rings. The monoisotopic (exact) mass is 286 g/mol. The summed E-state index contributed by atoms with van der Waals surface area (Å²) >= 11 is 0. The number of carbonyl (C=O) groups excluding carboxylic acids is 1. The van der Waals surface area contributed by atoms with Gasteiger partial charge in [0.2, 0.25) is 0 Å².